The molecule has 11 aromatic rings. The number of fused-ring (bicyclic) bond motifs is 7. The topological polar surface area (TPSA) is 51.6 Å². The molecule has 0 saturated carbocycles. The van der Waals surface area contributed by atoms with Crippen molar-refractivity contribution in [2.24, 2.45) is 0 Å². The van der Waals surface area contributed by atoms with Gasteiger partial charge in [0.15, 0.2) is 17.5 Å². The van der Waals surface area contributed by atoms with Crippen LogP contribution in [0.15, 0.2) is 194 Å². The predicted octanol–water partition coefficient (Wildman–Crippen LogP) is 13.4. The van der Waals surface area contributed by atoms with Crippen LogP contribution in [0.2, 0.25) is 0 Å². The summed E-state index contributed by atoms with van der Waals surface area (Å²) in [5.74, 6) is 1.79. The Bertz CT molecular complexity index is 3170. The van der Waals surface area contributed by atoms with Crippen molar-refractivity contribution in [3.8, 4) is 56.4 Å². The van der Waals surface area contributed by atoms with Crippen molar-refractivity contribution in [1.82, 2.24) is 19.9 Å². The highest BCUT2D eigenvalue weighted by Gasteiger charge is 2.19. The van der Waals surface area contributed by atoms with Crippen molar-refractivity contribution in [3.05, 3.63) is 194 Å². The van der Waals surface area contributed by atoms with Crippen molar-refractivity contribution in [2.75, 3.05) is 0 Å². The third kappa shape index (κ3) is 5.39. The first-order valence-electron chi connectivity index (χ1n) is 18.9. The molecule has 0 saturated heterocycles. The largest absolute Gasteiger partial charge is 0.255 e. The second-order valence-electron chi connectivity index (χ2n) is 14.2. The Balaban J connectivity index is 1.23. The van der Waals surface area contributed by atoms with Crippen molar-refractivity contribution < 1.29 is 0 Å². The van der Waals surface area contributed by atoms with E-state index in [1.165, 1.54) is 43.1 Å². The highest BCUT2D eigenvalue weighted by atomic mass is 15.0. The van der Waals surface area contributed by atoms with E-state index in [2.05, 4.69) is 152 Å². The summed E-state index contributed by atoms with van der Waals surface area (Å²) in [6.07, 6.45) is 1.82. The van der Waals surface area contributed by atoms with Gasteiger partial charge >= 0.3 is 0 Å². The van der Waals surface area contributed by atoms with Crippen LogP contribution in [0.4, 0.5) is 0 Å². The average molecular weight is 713 g/mol. The lowest BCUT2D eigenvalue weighted by Gasteiger charge is -2.16. The SMILES string of the molecule is c1ccc(-c2nc(-c3cc(-c4cc5ccccc5c5ccccc45)cc(-c4cc5ccccc5c5ccccc45)c3)nc(-c3cccc4cccnc34)n2)cc1. The van der Waals surface area contributed by atoms with Crippen LogP contribution in [0.5, 0.6) is 0 Å². The maximum absolute atomic E-state index is 5.28. The standard InChI is InChI=1S/C52H32N4/c1-2-14-34(15-3-1)50-54-51(56-52(55-50)46-26-12-18-33-19-13-27-53-49(33)46)39-29-37(47-31-35-16-4-6-20-40(35)42-22-8-10-24-44(42)47)28-38(30-39)48-32-36-17-5-7-21-41(36)43-23-9-11-25-45(43)48/h1-32H. The molecule has 0 bridgehead atoms. The van der Waals surface area contributed by atoms with E-state index in [9.17, 15) is 0 Å². The van der Waals surface area contributed by atoms with Crippen LogP contribution < -0.4 is 0 Å². The van der Waals surface area contributed by atoms with Crippen LogP contribution in [0, 0.1) is 0 Å². The molecular formula is C52H32N4. The minimum atomic E-state index is 0.581. The van der Waals surface area contributed by atoms with Gasteiger partial charge in [-0.05, 0) is 108 Å². The fourth-order valence-electron chi connectivity index (χ4n) is 8.28. The quantitative estimate of drug-likeness (QED) is 0.167. The molecule has 4 nitrogen and oxygen atoms in total. The molecule has 0 radical (unpaired) electrons. The van der Waals surface area contributed by atoms with Crippen LogP contribution in [0.1, 0.15) is 0 Å². The van der Waals surface area contributed by atoms with Gasteiger partial charge in [-0.25, -0.2) is 15.0 Å². The Morgan fingerprint density at radius 1 is 0.268 bits per heavy atom. The predicted molar refractivity (Wildman–Crippen MR) is 232 cm³/mol. The summed E-state index contributed by atoms with van der Waals surface area (Å²) in [4.78, 5) is 20.4. The van der Waals surface area contributed by atoms with Gasteiger partial charge < -0.3 is 0 Å². The Labute approximate surface area is 323 Å². The number of aromatic nitrogens is 4. The third-order valence-electron chi connectivity index (χ3n) is 10.9. The summed E-state index contributed by atoms with van der Waals surface area (Å²) in [6, 6.07) is 66.6. The molecule has 56 heavy (non-hydrogen) atoms. The van der Waals surface area contributed by atoms with Gasteiger partial charge in [-0.2, -0.15) is 0 Å². The van der Waals surface area contributed by atoms with Gasteiger partial charge in [0.2, 0.25) is 0 Å². The number of pyridine rings is 1. The monoisotopic (exact) mass is 712 g/mol. The van der Waals surface area contributed by atoms with E-state index in [0.717, 1.165) is 49.8 Å². The first-order valence-corrected chi connectivity index (χ1v) is 18.9. The number of hydrogen-bond acceptors (Lipinski definition) is 4. The van der Waals surface area contributed by atoms with Crippen LogP contribution in [0.25, 0.3) is 110 Å². The van der Waals surface area contributed by atoms with Crippen LogP contribution in [-0.4, -0.2) is 19.9 Å². The fourth-order valence-corrected chi connectivity index (χ4v) is 8.28. The molecule has 0 spiro atoms. The fraction of sp³-hybridized carbons (Fsp3) is 0. The lowest BCUT2D eigenvalue weighted by Crippen LogP contribution is -2.01. The van der Waals surface area contributed by atoms with Gasteiger partial charge in [0.25, 0.3) is 0 Å². The van der Waals surface area contributed by atoms with E-state index >= 15 is 0 Å². The summed E-state index contributed by atoms with van der Waals surface area (Å²) in [6.45, 7) is 0. The highest BCUT2D eigenvalue weighted by Crippen LogP contribution is 2.42. The molecule has 0 atom stereocenters. The molecule has 0 unspecified atom stereocenters. The molecule has 9 aromatic carbocycles. The average Bonchev–Trinajstić information content (AvgIpc) is 3.28. The second kappa shape index (κ2) is 13.1. The summed E-state index contributed by atoms with van der Waals surface area (Å²) in [7, 11) is 0. The van der Waals surface area contributed by atoms with E-state index < -0.39 is 0 Å². The van der Waals surface area contributed by atoms with Crippen LogP contribution in [0.3, 0.4) is 0 Å². The first-order chi connectivity index (χ1) is 27.7. The van der Waals surface area contributed by atoms with Crippen LogP contribution in [-0.2, 0) is 0 Å². The molecule has 0 N–H and O–H groups in total. The molecule has 2 heterocycles. The minimum Gasteiger partial charge on any atom is -0.255 e. The van der Waals surface area contributed by atoms with Gasteiger partial charge in [0.05, 0.1) is 5.52 Å². The van der Waals surface area contributed by atoms with Crippen molar-refractivity contribution in [2.45, 2.75) is 0 Å². The minimum absolute atomic E-state index is 0.581. The summed E-state index contributed by atoms with van der Waals surface area (Å²) in [5, 5.41) is 10.7. The van der Waals surface area contributed by atoms with E-state index in [4.69, 9.17) is 19.9 Å². The third-order valence-corrected chi connectivity index (χ3v) is 10.9. The number of para-hydroxylation sites is 1. The molecule has 2 aromatic heterocycles. The maximum Gasteiger partial charge on any atom is 0.166 e. The van der Waals surface area contributed by atoms with Gasteiger partial charge in [-0.1, -0.05) is 146 Å². The Morgan fingerprint density at radius 3 is 1.36 bits per heavy atom. The Kier molecular flexibility index (Phi) is 7.46. The van der Waals surface area contributed by atoms with Gasteiger partial charge in [-0.3, -0.25) is 4.98 Å². The Morgan fingerprint density at radius 2 is 0.732 bits per heavy atom. The van der Waals surface area contributed by atoms with Crippen molar-refractivity contribution >= 4 is 54.0 Å². The maximum atomic E-state index is 5.28. The van der Waals surface area contributed by atoms with Crippen molar-refractivity contribution in [1.29, 1.82) is 0 Å². The molecular weight excluding hydrogens is 681 g/mol. The molecule has 260 valence electrons. The summed E-state index contributed by atoms with van der Waals surface area (Å²) < 4.78 is 0. The zero-order chi connectivity index (χ0) is 37.0. The van der Waals surface area contributed by atoms with Gasteiger partial charge in [-0.15, -0.1) is 0 Å². The number of hydrogen-bond donors (Lipinski definition) is 0. The number of benzene rings is 9. The van der Waals surface area contributed by atoms with Crippen LogP contribution >= 0.6 is 0 Å². The van der Waals surface area contributed by atoms with E-state index in [1.54, 1.807) is 0 Å². The number of nitrogens with zero attached hydrogens (tertiary/aromatic N) is 4. The highest BCUT2D eigenvalue weighted by molar-refractivity contribution is 6.16. The lowest BCUT2D eigenvalue weighted by molar-refractivity contribution is 1.07. The van der Waals surface area contributed by atoms with Gasteiger partial charge in [0, 0.05) is 28.3 Å². The molecule has 4 heteroatoms. The molecule has 11 rings (SSSR count). The normalized spacial score (nSPS) is 11.6. The van der Waals surface area contributed by atoms with Crippen molar-refractivity contribution in [3.63, 3.8) is 0 Å². The van der Waals surface area contributed by atoms with E-state index in [1.807, 2.05) is 42.6 Å². The zero-order valence-corrected chi connectivity index (χ0v) is 30.3. The molecule has 0 amide bonds. The Hall–Kier alpha value is -7.56. The molecule has 0 fully saturated rings. The molecule has 0 aliphatic rings. The van der Waals surface area contributed by atoms with E-state index in [-0.39, 0.29) is 0 Å². The summed E-state index contributed by atoms with van der Waals surface area (Å²) >= 11 is 0. The van der Waals surface area contributed by atoms with E-state index in [0.29, 0.717) is 17.5 Å². The molecule has 0 aliphatic heterocycles. The smallest absolute Gasteiger partial charge is 0.166 e. The lowest BCUT2D eigenvalue weighted by atomic mass is 9.88. The number of rotatable bonds is 5. The van der Waals surface area contributed by atoms with Gasteiger partial charge in [0.1, 0.15) is 0 Å². The zero-order valence-electron chi connectivity index (χ0n) is 30.3. The molecule has 0 aliphatic carbocycles. The summed E-state index contributed by atoms with van der Waals surface area (Å²) in [5.41, 5.74) is 8.03. The first kappa shape index (κ1) is 31.9. The second-order valence-corrected chi connectivity index (χ2v) is 14.2.